The van der Waals surface area contributed by atoms with E-state index in [1.807, 2.05) is 23.3 Å². The van der Waals surface area contributed by atoms with Crippen LogP contribution in [0.15, 0.2) is 48.9 Å². The van der Waals surface area contributed by atoms with Gasteiger partial charge in [-0.15, -0.1) is 0 Å². The van der Waals surface area contributed by atoms with Gasteiger partial charge in [-0.2, -0.15) is 5.10 Å². The number of aromatic nitrogens is 5. The van der Waals surface area contributed by atoms with E-state index in [1.165, 1.54) is 5.56 Å². The fraction of sp³-hybridized carbons (Fsp3) is 0.400. The molecule has 2 fully saturated rings. The second kappa shape index (κ2) is 9.17. The molecule has 2 aliphatic heterocycles. The second-order valence-corrected chi connectivity index (χ2v) is 8.75. The first kappa shape index (κ1) is 21.3. The summed E-state index contributed by atoms with van der Waals surface area (Å²) in [6, 6.07) is 12.5. The fourth-order valence-electron chi connectivity index (χ4n) is 4.57. The van der Waals surface area contributed by atoms with Crippen molar-refractivity contribution in [2.24, 2.45) is 0 Å². The number of imidazole rings is 1. The summed E-state index contributed by atoms with van der Waals surface area (Å²) in [6.07, 6.45) is 3.80. The Balaban J connectivity index is 1.41. The first-order chi connectivity index (χ1) is 16.7. The zero-order valence-corrected chi connectivity index (χ0v) is 19.3. The third kappa shape index (κ3) is 4.18. The average Bonchev–Trinajstić information content (AvgIpc) is 3.53. The molecule has 0 saturated carbocycles. The summed E-state index contributed by atoms with van der Waals surface area (Å²) < 4.78 is 21.0. The Hall–Kier alpha value is -3.27. The van der Waals surface area contributed by atoms with Crippen LogP contribution in [0.3, 0.4) is 0 Å². The monoisotopic (exact) mass is 460 g/mol. The molecule has 34 heavy (non-hydrogen) atoms. The number of morpholine rings is 1. The highest BCUT2D eigenvalue weighted by Crippen LogP contribution is 2.29. The second-order valence-electron chi connectivity index (χ2n) is 8.75. The van der Waals surface area contributed by atoms with Gasteiger partial charge in [0.05, 0.1) is 63.4 Å². The Bertz CT molecular complexity index is 1290. The molecule has 1 aromatic carbocycles. The van der Waals surface area contributed by atoms with Gasteiger partial charge in [-0.3, -0.25) is 0 Å². The van der Waals surface area contributed by atoms with Crippen molar-refractivity contribution in [2.75, 3.05) is 51.0 Å². The highest BCUT2D eigenvalue weighted by atomic mass is 16.6. The number of hydrogen-bond acceptors (Lipinski definition) is 7. The van der Waals surface area contributed by atoms with Crippen LogP contribution in [0.4, 0.5) is 5.69 Å². The van der Waals surface area contributed by atoms with Gasteiger partial charge in [0.15, 0.2) is 11.5 Å². The van der Waals surface area contributed by atoms with Crippen LogP contribution >= 0.6 is 0 Å². The predicted molar refractivity (Wildman–Crippen MR) is 128 cm³/mol. The lowest BCUT2D eigenvalue weighted by Gasteiger charge is -2.29. The minimum absolute atomic E-state index is 0.0129. The van der Waals surface area contributed by atoms with Gasteiger partial charge in [0, 0.05) is 30.9 Å². The minimum atomic E-state index is -0.0129. The molecule has 6 rings (SSSR count). The van der Waals surface area contributed by atoms with E-state index >= 15 is 0 Å². The lowest BCUT2D eigenvalue weighted by molar-refractivity contribution is -0.0932. The number of rotatable bonds is 5. The number of nitrogens with zero attached hydrogens (tertiary/aromatic N) is 6. The molecule has 9 nitrogen and oxygen atoms in total. The van der Waals surface area contributed by atoms with E-state index in [-0.39, 0.29) is 6.10 Å². The molecule has 176 valence electrons. The maximum absolute atomic E-state index is 5.88. The SMILES string of the molecule is Cc1cccc(-c2ccn(-c3cc(N4CCOCC4)c4ncn(C[C@H]5COCCO5)c4n3)n2)c1. The third-order valence-electron chi connectivity index (χ3n) is 6.31. The van der Waals surface area contributed by atoms with Crippen LogP contribution in [0, 0.1) is 6.92 Å². The van der Waals surface area contributed by atoms with E-state index in [0.717, 1.165) is 47.0 Å². The Labute approximate surface area is 197 Å². The fourth-order valence-corrected chi connectivity index (χ4v) is 4.57. The largest absolute Gasteiger partial charge is 0.378 e. The van der Waals surface area contributed by atoms with Crippen LogP contribution in [0.5, 0.6) is 0 Å². The van der Waals surface area contributed by atoms with Gasteiger partial charge >= 0.3 is 0 Å². The zero-order chi connectivity index (χ0) is 22.9. The molecule has 0 spiro atoms. The molecular weight excluding hydrogens is 432 g/mol. The Morgan fingerprint density at radius 3 is 2.76 bits per heavy atom. The number of pyridine rings is 1. The molecule has 4 aromatic rings. The summed E-state index contributed by atoms with van der Waals surface area (Å²) >= 11 is 0. The van der Waals surface area contributed by atoms with Crippen LogP contribution in [0.25, 0.3) is 28.2 Å². The molecule has 9 heteroatoms. The highest BCUT2D eigenvalue weighted by Gasteiger charge is 2.22. The van der Waals surface area contributed by atoms with Crippen molar-refractivity contribution in [1.29, 1.82) is 0 Å². The van der Waals surface area contributed by atoms with Gasteiger partial charge in [-0.05, 0) is 19.1 Å². The first-order valence-electron chi connectivity index (χ1n) is 11.8. The molecular formula is C25H28N6O3. The Morgan fingerprint density at radius 2 is 1.94 bits per heavy atom. The van der Waals surface area contributed by atoms with Gasteiger partial charge in [0.2, 0.25) is 0 Å². The molecule has 0 aliphatic carbocycles. The number of ether oxygens (including phenoxy) is 3. The van der Waals surface area contributed by atoms with Crippen LogP contribution in [-0.2, 0) is 20.8 Å². The van der Waals surface area contributed by atoms with Crippen molar-refractivity contribution in [3.8, 4) is 17.1 Å². The van der Waals surface area contributed by atoms with E-state index in [9.17, 15) is 0 Å². The molecule has 5 heterocycles. The van der Waals surface area contributed by atoms with Crippen LogP contribution in [0.1, 0.15) is 5.56 Å². The molecule has 0 unspecified atom stereocenters. The molecule has 0 N–H and O–H groups in total. The zero-order valence-electron chi connectivity index (χ0n) is 19.3. The third-order valence-corrected chi connectivity index (χ3v) is 6.31. The van der Waals surface area contributed by atoms with E-state index in [0.29, 0.717) is 39.6 Å². The Kier molecular flexibility index (Phi) is 5.74. The van der Waals surface area contributed by atoms with Gasteiger partial charge in [0.25, 0.3) is 0 Å². The van der Waals surface area contributed by atoms with E-state index in [1.54, 1.807) is 0 Å². The molecule has 2 saturated heterocycles. The lowest BCUT2D eigenvalue weighted by Crippen LogP contribution is -2.36. The van der Waals surface area contributed by atoms with E-state index in [4.69, 9.17) is 29.3 Å². The van der Waals surface area contributed by atoms with Crippen molar-refractivity contribution < 1.29 is 14.2 Å². The van der Waals surface area contributed by atoms with Gasteiger partial charge < -0.3 is 23.7 Å². The van der Waals surface area contributed by atoms with E-state index < -0.39 is 0 Å². The van der Waals surface area contributed by atoms with Crippen molar-refractivity contribution in [2.45, 2.75) is 19.6 Å². The predicted octanol–water partition coefficient (Wildman–Crippen LogP) is 2.84. The highest BCUT2D eigenvalue weighted by molar-refractivity contribution is 5.87. The quantitative estimate of drug-likeness (QED) is 0.453. The topological polar surface area (TPSA) is 79.5 Å². The average molecular weight is 461 g/mol. The number of fused-ring (bicyclic) bond motifs is 1. The number of hydrogen-bond donors (Lipinski definition) is 0. The maximum Gasteiger partial charge on any atom is 0.164 e. The summed E-state index contributed by atoms with van der Waals surface area (Å²) in [5.74, 6) is 0.760. The summed E-state index contributed by atoms with van der Waals surface area (Å²) in [7, 11) is 0. The first-order valence-corrected chi connectivity index (χ1v) is 11.8. The van der Waals surface area contributed by atoms with E-state index in [2.05, 4.69) is 46.7 Å². The Morgan fingerprint density at radius 1 is 1.03 bits per heavy atom. The van der Waals surface area contributed by atoms with Crippen molar-refractivity contribution in [3.05, 3.63) is 54.5 Å². The standard InChI is InChI=1S/C25H28N6O3/c1-18-3-2-4-19(13-18)21-5-6-31(28-21)23-14-22(29-7-9-32-10-8-29)24-25(27-23)30(17-26-24)15-20-16-33-11-12-34-20/h2-6,13-14,17,20H,7-12,15-16H2,1H3/t20-/m0/s1. The summed E-state index contributed by atoms with van der Waals surface area (Å²) in [4.78, 5) is 12.1. The van der Waals surface area contributed by atoms with Crippen LogP contribution < -0.4 is 4.90 Å². The molecule has 0 radical (unpaired) electrons. The van der Waals surface area contributed by atoms with Gasteiger partial charge in [0.1, 0.15) is 5.52 Å². The van der Waals surface area contributed by atoms with Crippen LogP contribution in [0.2, 0.25) is 0 Å². The molecule has 1 atom stereocenters. The maximum atomic E-state index is 5.88. The van der Waals surface area contributed by atoms with Gasteiger partial charge in [-0.1, -0.05) is 23.8 Å². The molecule has 2 aliphatic rings. The lowest BCUT2D eigenvalue weighted by atomic mass is 10.1. The normalized spacial score (nSPS) is 19.1. The molecule has 0 amide bonds. The number of aryl methyl sites for hydroxylation is 1. The van der Waals surface area contributed by atoms with Crippen molar-refractivity contribution in [1.82, 2.24) is 24.3 Å². The van der Waals surface area contributed by atoms with Gasteiger partial charge in [-0.25, -0.2) is 14.6 Å². The minimum Gasteiger partial charge on any atom is -0.378 e. The summed E-state index contributed by atoms with van der Waals surface area (Å²) in [5, 5.41) is 4.85. The van der Waals surface area contributed by atoms with Crippen molar-refractivity contribution >= 4 is 16.9 Å². The molecule has 3 aromatic heterocycles. The smallest absolute Gasteiger partial charge is 0.164 e. The summed E-state index contributed by atoms with van der Waals surface area (Å²) in [6.45, 7) is 7.61. The number of benzene rings is 1. The van der Waals surface area contributed by atoms with Crippen molar-refractivity contribution in [3.63, 3.8) is 0 Å². The summed E-state index contributed by atoms with van der Waals surface area (Å²) in [5.41, 5.74) is 5.97. The molecule has 0 bridgehead atoms. The van der Waals surface area contributed by atoms with Crippen LogP contribution in [-0.4, -0.2) is 76.5 Å². The number of anilines is 1.